The lowest BCUT2D eigenvalue weighted by molar-refractivity contribution is -0.128. The summed E-state index contributed by atoms with van der Waals surface area (Å²) in [5.41, 5.74) is -4.32. The number of amides is 1. The molecule has 2 aliphatic rings. The van der Waals surface area contributed by atoms with Crippen LogP contribution in [0.15, 0.2) is 0 Å². The van der Waals surface area contributed by atoms with Crippen LogP contribution < -0.4 is 5.32 Å². The molecule has 0 aliphatic carbocycles. The van der Waals surface area contributed by atoms with Crippen molar-refractivity contribution in [3.63, 3.8) is 0 Å². The number of thioether (sulfide) groups is 1. The van der Waals surface area contributed by atoms with Crippen LogP contribution in [0, 0.1) is 11.8 Å². The van der Waals surface area contributed by atoms with Crippen LogP contribution in [0.5, 0.6) is 0 Å². The summed E-state index contributed by atoms with van der Waals surface area (Å²) in [7, 11) is 0. The predicted octanol–water partition coefficient (Wildman–Crippen LogP) is 2.12. The van der Waals surface area contributed by atoms with Crippen LogP contribution in [0.25, 0.3) is 0 Å². The summed E-state index contributed by atoms with van der Waals surface area (Å²) in [4.78, 5) is 13.3. The summed E-state index contributed by atoms with van der Waals surface area (Å²) >= 11 is -0.240. The number of halogens is 4. The van der Waals surface area contributed by atoms with Crippen LogP contribution in [-0.4, -0.2) is 48.2 Å². The standard InChI is InChI=1S/C11H17F3N2OS.ClH/c12-11(13,14)18-7-10(17)16-3-1-8-5-15-6-9(8)2-4-16;/h8-9,15H,1-7H2;1H/t8-,9+;. The first-order valence-electron chi connectivity index (χ1n) is 6.15. The van der Waals surface area contributed by atoms with E-state index in [0.717, 1.165) is 25.9 Å². The number of likely N-dealkylation sites (tertiary alicyclic amines) is 1. The van der Waals surface area contributed by atoms with Crippen molar-refractivity contribution in [1.29, 1.82) is 0 Å². The highest BCUT2D eigenvalue weighted by Gasteiger charge is 2.33. The molecule has 19 heavy (non-hydrogen) atoms. The van der Waals surface area contributed by atoms with Gasteiger partial charge >= 0.3 is 5.51 Å². The first kappa shape index (κ1) is 16.9. The lowest BCUT2D eigenvalue weighted by Gasteiger charge is -2.21. The summed E-state index contributed by atoms with van der Waals surface area (Å²) in [5.74, 6) is 0.290. The van der Waals surface area contributed by atoms with Gasteiger partial charge in [-0.15, -0.1) is 12.4 Å². The molecule has 1 amide bonds. The van der Waals surface area contributed by atoms with Crippen molar-refractivity contribution >= 4 is 30.1 Å². The molecular weight excluding hydrogens is 301 g/mol. The minimum absolute atomic E-state index is 0. The Morgan fingerprint density at radius 3 is 2.21 bits per heavy atom. The number of carbonyl (C=O) groups is 1. The van der Waals surface area contributed by atoms with E-state index in [-0.39, 0.29) is 30.1 Å². The van der Waals surface area contributed by atoms with Crippen LogP contribution in [0.3, 0.4) is 0 Å². The molecule has 2 fully saturated rings. The van der Waals surface area contributed by atoms with Gasteiger partial charge in [0.25, 0.3) is 0 Å². The molecule has 2 saturated heterocycles. The summed E-state index contributed by atoms with van der Waals surface area (Å²) in [6.07, 6.45) is 1.81. The molecule has 0 radical (unpaired) electrons. The molecule has 2 aliphatic heterocycles. The van der Waals surface area contributed by atoms with Gasteiger partial charge in [0, 0.05) is 13.1 Å². The maximum absolute atomic E-state index is 12.0. The Morgan fingerprint density at radius 2 is 1.74 bits per heavy atom. The highest BCUT2D eigenvalue weighted by Crippen LogP contribution is 2.31. The highest BCUT2D eigenvalue weighted by atomic mass is 35.5. The van der Waals surface area contributed by atoms with Crippen molar-refractivity contribution in [3.05, 3.63) is 0 Å². The fourth-order valence-electron chi connectivity index (χ4n) is 2.70. The van der Waals surface area contributed by atoms with Crippen LogP contribution >= 0.6 is 24.2 Å². The zero-order valence-electron chi connectivity index (χ0n) is 10.4. The Bertz CT molecular complexity index is 303. The van der Waals surface area contributed by atoms with E-state index in [2.05, 4.69) is 5.32 Å². The van der Waals surface area contributed by atoms with E-state index in [1.807, 2.05) is 0 Å². The Kier molecular flexibility index (Phi) is 6.26. The van der Waals surface area contributed by atoms with Crippen molar-refractivity contribution in [2.24, 2.45) is 11.8 Å². The number of nitrogens with zero attached hydrogens (tertiary/aromatic N) is 1. The van der Waals surface area contributed by atoms with Crippen LogP contribution in [-0.2, 0) is 4.79 Å². The van der Waals surface area contributed by atoms with E-state index in [4.69, 9.17) is 0 Å². The molecule has 0 aromatic heterocycles. The number of fused-ring (bicyclic) bond motifs is 1. The molecule has 0 bridgehead atoms. The van der Waals surface area contributed by atoms with Crippen molar-refractivity contribution < 1.29 is 18.0 Å². The lowest BCUT2D eigenvalue weighted by Crippen LogP contribution is -2.34. The summed E-state index contributed by atoms with van der Waals surface area (Å²) < 4.78 is 36.1. The van der Waals surface area contributed by atoms with E-state index < -0.39 is 11.3 Å². The molecule has 3 nitrogen and oxygen atoms in total. The van der Waals surface area contributed by atoms with Crippen molar-refractivity contribution in [3.8, 4) is 0 Å². The smallest absolute Gasteiger partial charge is 0.342 e. The Hall–Kier alpha value is -0.140. The topological polar surface area (TPSA) is 32.3 Å². The van der Waals surface area contributed by atoms with Gasteiger partial charge in [-0.05, 0) is 49.5 Å². The second-order valence-electron chi connectivity index (χ2n) is 4.87. The zero-order valence-corrected chi connectivity index (χ0v) is 12.0. The molecule has 2 heterocycles. The maximum atomic E-state index is 12.0. The molecule has 1 N–H and O–H groups in total. The highest BCUT2D eigenvalue weighted by molar-refractivity contribution is 8.00. The SMILES string of the molecule is Cl.O=C(CSC(F)(F)F)N1CC[C@@H]2CNC[C@@H]2CC1. The summed E-state index contributed by atoms with van der Waals surface area (Å²) in [5, 5.41) is 3.32. The maximum Gasteiger partial charge on any atom is 0.442 e. The first-order valence-corrected chi connectivity index (χ1v) is 7.13. The zero-order chi connectivity index (χ0) is 13.2. The van der Waals surface area contributed by atoms with Gasteiger partial charge in [0.1, 0.15) is 0 Å². The fraction of sp³-hybridized carbons (Fsp3) is 0.909. The van der Waals surface area contributed by atoms with Gasteiger partial charge < -0.3 is 10.2 Å². The number of hydrogen-bond donors (Lipinski definition) is 1. The number of nitrogens with one attached hydrogen (secondary N) is 1. The number of carbonyl (C=O) groups excluding carboxylic acids is 1. The van der Waals surface area contributed by atoms with E-state index in [0.29, 0.717) is 24.9 Å². The molecule has 0 saturated carbocycles. The second kappa shape index (κ2) is 7.04. The van der Waals surface area contributed by atoms with Gasteiger partial charge in [-0.3, -0.25) is 4.79 Å². The third-order valence-corrected chi connectivity index (χ3v) is 4.45. The lowest BCUT2D eigenvalue weighted by atomic mass is 9.92. The molecule has 8 heteroatoms. The first-order chi connectivity index (χ1) is 8.46. The van der Waals surface area contributed by atoms with Gasteiger partial charge in [0.15, 0.2) is 0 Å². The minimum atomic E-state index is -4.32. The van der Waals surface area contributed by atoms with Crippen LogP contribution in [0.4, 0.5) is 13.2 Å². The van der Waals surface area contributed by atoms with Crippen LogP contribution in [0.2, 0.25) is 0 Å². The predicted molar refractivity (Wildman–Crippen MR) is 71.4 cm³/mol. The minimum Gasteiger partial charge on any atom is -0.342 e. The Labute approximate surface area is 121 Å². The van der Waals surface area contributed by atoms with Crippen molar-refractivity contribution in [1.82, 2.24) is 10.2 Å². The monoisotopic (exact) mass is 318 g/mol. The number of hydrogen-bond acceptors (Lipinski definition) is 3. The van der Waals surface area contributed by atoms with Crippen LogP contribution in [0.1, 0.15) is 12.8 Å². The van der Waals surface area contributed by atoms with E-state index in [1.54, 1.807) is 4.90 Å². The number of rotatable bonds is 2. The molecule has 112 valence electrons. The van der Waals surface area contributed by atoms with Gasteiger partial charge in [-0.25, -0.2) is 0 Å². The molecule has 0 unspecified atom stereocenters. The third kappa shape index (κ3) is 5.04. The molecule has 2 atom stereocenters. The average Bonchev–Trinajstić information content (AvgIpc) is 2.64. The van der Waals surface area contributed by atoms with Gasteiger partial charge in [0.2, 0.25) is 5.91 Å². The summed E-state index contributed by atoms with van der Waals surface area (Å²) in [6.45, 7) is 3.15. The molecule has 0 aromatic carbocycles. The van der Waals surface area contributed by atoms with E-state index >= 15 is 0 Å². The molecule has 0 spiro atoms. The van der Waals surface area contributed by atoms with E-state index in [9.17, 15) is 18.0 Å². The second-order valence-corrected chi connectivity index (χ2v) is 5.91. The van der Waals surface area contributed by atoms with Gasteiger partial charge in [-0.2, -0.15) is 13.2 Å². The van der Waals surface area contributed by atoms with Crippen molar-refractivity contribution in [2.75, 3.05) is 31.9 Å². The van der Waals surface area contributed by atoms with Gasteiger partial charge in [-0.1, -0.05) is 0 Å². The fourth-order valence-corrected chi connectivity index (χ4v) is 3.17. The quantitative estimate of drug-likeness (QED) is 0.846. The molecule has 0 aromatic rings. The molecule has 2 rings (SSSR count). The average molecular weight is 319 g/mol. The summed E-state index contributed by atoms with van der Waals surface area (Å²) in [6, 6.07) is 0. The Balaban J connectivity index is 0.00000180. The normalized spacial score (nSPS) is 27.4. The van der Waals surface area contributed by atoms with Gasteiger partial charge in [0.05, 0.1) is 5.75 Å². The third-order valence-electron chi connectivity index (χ3n) is 3.73. The van der Waals surface area contributed by atoms with E-state index in [1.165, 1.54) is 0 Å². The van der Waals surface area contributed by atoms with Crippen molar-refractivity contribution in [2.45, 2.75) is 18.3 Å². The number of alkyl halides is 3. The molecular formula is C11H18ClF3N2OS. The Morgan fingerprint density at radius 1 is 1.21 bits per heavy atom. The largest absolute Gasteiger partial charge is 0.442 e.